The molecule has 0 spiro atoms. The fourth-order valence-corrected chi connectivity index (χ4v) is 1.68. The molecule has 1 aromatic carbocycles. The molecule has 0 unspecified atom stereocenters. The summed E-state index contributed by atoms with van der Waals surface area (Å²) in [5.74, 6) is 0.0934. The number of nitrogen functional groups attached to an aromatic ring is 1. The van der Waals surface area contributed by atoms with E-state index in [4.69, 9.17) is 5.73 Å². The van der Waals surface area contributed by atoms with Gasteiger partial charge in [-0.05, 0) is 38.5 Å². The maximum atomic E-state index is 11.8. The molecule has 1 amide bonds. The first-order valence-electron chi connectivity index (χ1n) is 5.96. The molecule has 0 radical (unpaired) electrons. The van der Waals surface area contributed by atoms with Crippen LogP contribution < -0.4 is 11.1 Å². The minimum absolute atomic E-state index is 0.0934. The molecule has 4 heteroatoms. The second-order valence-corrected chi connectivity index (χ2v) is 4.01. The van der Waals surface area contributed by atoms with Crippen molar-refractivity contribution in [3.63, 3.8) is 0 Å². The third-order valence-corrected chi connectivity index (χ3v) is 2.76. The van der Waals surface area contributed by atoms with Gasteiger partial charge in [-0.2, -0.15) is 0 Å². The van der Waals surface area contributed by atoms with Crippen molar-refractivity contribution in [3.8, 4) is 0 Å². The van der Waals surface area contributed by atoms with E-state index in [1.165, 1.54) is 0 Å². The van der Waals surface area contributed by atoms with E-state index >= 15 is 0 Å². The Morgan fingerprint density at radius 1 is 1.35 bits per heavy atom. The highest BCUT2D eigenvalue weighted by Crippen LogP contribution is 2.19. The Hall–Kier alpha value is -1.71. The number of rotatable bonds is 5. The van der Waals surface area contributed by atoms with Crippen molar-refractivity contribution in [1.82, 2.24) is 4.90 Å². The van der Waals surface area contributed by atoms with Crippen molar-refractivity contribution in [2.24, 2.45) is 0 Å². The van der Waals surface area contributed by atoms with Crippen molar-refractivity contribution >= 4 is 17.3 Å². The fourth-order valence-electron chi connectivity index (χ4n) is 1.68. The third-order valence-electron chi connectivity index (χ3n) is 2.76. The number of hydrogen-bond acceptors (Lipinski definition) is 3. The maximum absolute atomic E-state index is 11.8. The minimum atomic E-state index is 0.0934. The maximum Gasteiger partial charge on any atom is 0.241 e. The number of aryl methyl sites for hydroxylation is 1. The summed E-state index contributed by atoms with van der Waals surface area (Å²) in [6.45, 7) is 7.71. The molecule has 0 saturated heterocycles. The Kier molecular flexibility index (Phi) is 4.82. The first-order valence-corrected chi connectivity index (χ1v) is 5.96. The van der Waals surface area contributed by atoms with Gasteiger partial charge < -0.3 is 16.0 Å². The lowest BCUT2D eigenvalue weighted by molar-refractivity contribution is -0.128. The summed E-state index contributed by atoms with van der Waals surface area (Å²) < 4.78 is 0. The van der Waals surface area contributed by atoms with Gasteiger partial charge in [0.25, 0.3) is 0 Å². The number of nitrogens with two attached hydrogens (primary N) is 1. The van der Waals surface area contributed by atoms with Gasteiger partial charge in [0.15, 0.2) is 0 Å². The van der Waals surface area contributed by atoms with Crippen LogP contribution in [0.25, 0.3) is 0 Å². The lowest BCUT2D eigenvalue weighted by atomic mass is 10.2. The number of amides is 1. The van der Waals surface area contributed by atoms with Gasteiger partial charge in [0.05, 0.1) is 17.9 Å². The van der Waals surface area contributed by atoms with Crippen molar-refractivity contribution < 1.29 is 4.79 Å². The quantitative estimate of drug-likeness (QED) is 0.766. The largest absolute Gasteiger partial charge is 0.397 e. The van der Waals surface area contributed by atoms with Crippen LogP contribution in [-0.4, -0.2) is 30.4 Å². The molecular weight excluding hydrogens is 214 g/mol. The minimum Gasteiger partial charge on any atom is -0.397 e. The van der Waals surface area contributed by atoms with Crippen LogP contribution in [0.3, 0.4) is 0 Å². The second kappa shape index (κ2) is 6.13. The van der Waals surface area contributed by atoms with Gasteiger partial charge in [0, 0.05) is 13.1 Å². The van der Waals surface area contributed by atoms with Crippen molar-refractivity contribution in [2.45, 2.75) is 20.8 Å². The van der Waals surface area contributed by atoms with E-state index in [0.29, 0.717) is 5.69 Å². The van der Waals surface area contributed by atoms with Gasteiger partial charge >= 0.3 is 0 Å². The van der Waals surface area contributed by atoms with Gasteiger partial charge in [-0.15, -0.1) is 0 Å². The summed E-state index contributed by atoms with van der Waals surface area (Å²) in [6, 6.07) is 5.75. The zero-order chi connectivity index (χ0) is 12.8. The summed E-state index contributed by atoms with van der Waals surface area (Å²) in [6.07, 6.45) is 0. The van der Waals surface area contributed by atoms with Gasteiger partial charge in [0.2, 0.25) is 5.91 Å². The molecule has 0 atom stereocenters. The molecule has 0 heterocycles. The molecule has 0 fully saturated rings. The van der Waals surface area contributed by atoms with Crippen LogP contribution in [0.1, 0.15) is 19.4 Å². The van der Waals surface area contributed by atoms with Crippen LogP contribution in [-0.2, 0) is 4.79 Å². The lowest BCUT2D eigenvalue weighted by Crippen LogP contribution is -2.35. The number of carbonyl (C=O) groups is 1. The molecule has 3 N–H and O–H groups in total. The number of anilines is 2. The van der Waals surface area contributed by atoms with Crippen LogP contribution >= 0.6 is 0 Å². The Bertz CT molecular complexity index is 386. The molecule has 17 heavy (non-hydrogen) atoms. The van der Waals surface area contributed by atoms with Crippen molar-refractivity contribution in [3.05, 3.63) is 23.8 Å². The average molecular weight is 235 g/mol. The highest BCUT2D eigenvalue weighted by atomic mass is 16.2. The van der Waals surface area contributed by atoms with Crippen molar-refractivity contribution in [2.75, 3.05) is 30.7 Å². The zero-order valence-corrected chi connectivity index (χ0v) is 10.8. The SMILES string of the molecule is CCN(CC)C(=O)CNc1cc(C)ccc1N. The van der Waals surface area contributed by atoms with E-state index in [1.807, 2.05) is 39.0 Å². The first kappa shape index (κ1) is 13.4. The van der Waals surface area contributed by atoms with E-state index in [1.54, 1.807) is 4.90 Å². The van der Waals surface area contributed by atoms with Crippen LogP contribution in [0.15, 0.2) is 18.2 Å². The number of benzene rings is 1. The fraction of sp³-hybridized carbons (Fsp3) is 0.462. The first-order chi connectivity index (χ1) is 8.08. The second-order valence-electron chi connectivity index (χ2n) is 4.01. The molecule has 94 valence electrons. The van der Waals surface area contributed by atoms with Gasteiger partial charge in [-0.1, -0.05) is 6.07 Å². The number of carbonyl (C=O) groups excluding carboxylic acids is 1. The predicted octanol–water partition coefficient (Wildman–Crippen LogP) is 1.86. The Labute approximate surface area is 103 Å². The van der Waals surface area contributed by atoms with E-state index in [-0.39, 0.29) is 12.5 Å². The van der Waals surface area contributed by atoms with Gasteiger partial charge in [-0.25, -0.2) is 0 Å². The third kappa shape index (κ3) is 3.66. The summed E-state index contributed by atoms with van der Waals surface area (Å²) in [4.78, 5) is 13.6. The molecule has 0 saturated carbocycles. The molecule has 1 rings (SSSR count). The molecular formula is C13H21N3O. The molecule has 0 bridgehead atoms. The van der Waals surface area contributed by atoms with Gasteiger partial charge in [-0.3, -0.25) is 4.79 Å². The number of likely N-dealkylation sites (N-methyl/N-ethyl adjacent to an activating group) is 1. The number of hydrogen-bond donors (Lipinski definition) is 2. The van der Waals surface area contributed by atoms with E-state index in [2.05, 4.69) is 5.32 Å². The number of nitrogens with zero attached hydrogens (tertiary/aromatic N) is 1. The molecule has 1 aromatic rings. The normalized spacial score (nSPS) is 10.1. The van der Waals surface area contributed by atoms with E-state index in [0.717, 1.165) is 24.3 Å². The molecule has 0 aliphatic heterocycles. The molecule has 0 aliphatic rings. The van der Waals surface area contributed by atoms with Crippen LogP contribution in [0.2, 0.25) is 0 Å². The van der Waals surface area contributed by atoms with Crippen LogP contribution in [0.4, 0.5) is 11.4 Å². The van der Waals surface area contributed by atoms with Gasteiger partial charge in [0.1, 0.15) is 0 Å². The van der Waals surface area contributed by atoms with E-state index in [9.17, 15) is 4.79 Å². The number of nitrogens with one attached hydrogen (secondary N) is 1. The summed E-state index contributed by atoms with van der Waals surface area (Å²) in [5.41, 5.74) is 8.45. The summed E-state index contributed by atoms with van der Waals surface area (Å²) in [7, 11) is 0. The summed E-state index contributed by atoms with van der Waals surface area (Å²) in [5, 5.41) is 3.09. The highest BCUT2D eigenvalue weighted by Gasteiger charge is 2.09. The van der Waals surface area contributed by atoms with Crippen LogP contribution in [0.5, 0.6) is 0 Å². The zero-order valence-electron chi connectivity index (χ0n) is 10.8. The lowest BCUT2D eigenvalue weighted by Gasteiger charge is -2.19. The van der Waals surface area contributed by atoms with Crippen LogP contribution in [0, 0.1) is 6.92 Å². The topological polar surface area (TPSA) is 58.4 Å². The summed E-state index contributed by atoms with van der Waals surface area (Å²) >= 11 is 0. The average Bonchev–Trinajstić information content (AvgIpc) is 2.32. The smallest absolute Gasteiger partial charge is 0.241 e. The Morgan fingerprint density at radius 2 is 2.00 bits per heavy atom. The molecule has 4 nitrogen and oxygen atoms in total. The van der Waals surface area contributed by atoms with Crippen molar-refractivity contribution in [1.29, 1.82) is 0 Å². The monoisotopic (exact) mass is 235 g/mol. The molecule has 0 aliphatic carbocycles. The molecule has 0 aromatic heterocycles. The van der Waals surface area contributed by atoms with E-state index < -0.39 is 0 Å². The highest BCUT2D eigenvalue weighted by molar-refractivity contribution is 5.82. The Morgan fingerprint density at radius 3 is 2.59 bits per heavy atom. The standard InChI is InChI=1S/C13H21N3O/c1-4-16(5-2)13(17)9-15-12-8-10(3)6-7-11(12)14/h6-8,15H,4-5,9,14H2,1-3H3. The predicted molar refractivity (Wildman–Crippen MR) is 72.0 cm³/mol. The Balaban J connectivity index is 2.61.